The molecule has 0 saturated heterocycles. The fraction of sp³-hybridized carbons (Fsp3) is 0.688. The van der Waals surface area contributed by atoms with E-state index in [2.05, 4.69) is 48.2 Å². The lowest BCUT2D eigenvalue weighted by Gasteiger charge is -2.34. The summed E-state index contributed by atoms with van der Waals surface area (Å²) in [6.07, 6.45) is 7.40. The van der Waals surface area contributed by atoms with Crippen LogP contribution in [0.4, 0.5) is 5.82 Å². The van der Waals surface area contributed by atoms with Crippen molar-refractivity contribution < 1.29 is 0 Å². The molecule has 0 aromatic carbocycles. The van der Waals surface area contributed by atoms with Gasteiger partial charge in [0.2, 0.25) is 0 Å². The summed E-state index contributed by atoms with van der Waals surface area (Å²) in [4.78, 5) is 6.85. The van der Waals surface area contributed by atoms with Gasteiger partial charge in [-0.15, -0.1) is 0 Å². The minimum absolute atomic E-state index is 0.750. The first-order valence-electron chi connectivity index (χ1n) is 7.58. The van der Waals surface area contributed by atoms with Gasteiger partial charge in [0, 0.05) is 25.3 Å². The van der Waals surface area contributed by atoms with E-state index in [9.17, 15) is 0 Å². The number of rotatable bonds is 5. The third kappa shape index (κ3) is 4.20. The topological polar surface area (TPSA) is 28.2 Å². The van der Waals surface area contributed by atoms with Crippen LogP contribution >= 0.6 is 0 Å². The Morgan fingerprint density at radius 3 is 3.00 bits per heavy atom. The number of pyridine rings is 1. The molecule has 106 valence electrons. The number of hydrogen-bond donors (Lipinski definition) is 1. The minimum atomic E-state index is 0.750. The molecule has 1 aromatic rings. The van der Waals surface area contributed by atoms with Crippen molar-refractivity contribution in [2.45, 2.75) is 52.1 Å². The van der Waals surface area contributed by atoms with E-state index < -0.39 is 0 Å². The average molecular weight is 261 g/mol. The summed E-state index contributed by atoms with van der Waals surface area (Å²) in [5.74, 6) is 1.88. The normalized spacial score (nSPS) is 23.6. The van der Waals surface area contributed by atoms with Gasteiger partial charge in [-0.05, 0) is 50.4 Å². The van der Waals surface area contributed by atoms with E-state index >= 15 is 0 Å². The van der Waals surface area contributed by atoms with Gasteiger partial charge in [0.15, 0.2) is 0 Å². The van der Waals surface area contributed by atoms with Crippen LogP contribution in [0.5, 0.6) is 0 Å². The van der Waals surface area contributed by atoms with Gasteiger partial charge in [0.25, 0.3) is 0 Å². The summed E-state index contributed by atoms with van der Waals surface area (Å²) in [6.45, 7) is 6.43. The fourth-order valence-corrected chi connectivity index (χ4v) is 3.07. The highest BCUT2D eigenvalue weighted by Gasteiger charge is 2.22. The molecule has 0 aliphatic heterocycles. The predicted octanol–water partition coefficient (Wildman–Crippen LogP) is 3.52. The molecule has 1 aliphatic rings. The maximum absolute atomic E-state index is 4.33. The molecule has 19 heavy (non-hydrogen) atoms. The largest absolute Gasteiger partial charge is 0.370 e. The van der Waals surface area contributed by atoms with Gasteiger partial charge in [-0.2, -0.15) is 0 Å². The Hall–Kier alpha value is -1.09. The SMILES string of the molecule is CCNc1cc(CN(C)C2CCCC(C)C2)ccn1. The van der Waals surface area contributed by atoms with Crippen LogP contribution in [0.15, 0.2) is 18.3 Å². The number of nitrogens with one attached hydrogen (secondary N) is 1. The van der Waals surface area contributed by atoms with E-state index in [-0.39, 0.29) is 0 Å². The molecule has 0 amide bonds. The summed E-state index contributed by atoms with van der Waals surface area (Å²) >= 11 is 0. The number of hydrogen-bond acceptors (Lipinski definition) is 3. The van der Waals surface area contributed by atoms with Crippen LogP contribution in [0.3, 0.4) is 0 Å². The van der Waals surface area contributed by atoms with Crippen LogP contribution in [-0.4, -0.2) is 29.5 Å². The van der Waals surface area contributed by atoms with E-state index in [0.717, 1.165) is 30.9 Å². The van der Waals surface area contributed by atoms with Crippen LogP contribution in [0.2, 0.25) is 0 Å². The Morgan fingerprint density at radius 2 is 2.26 bits per heavy atom. The maximum atomic E-state index is 4.33. The zero-order chi connectivity index (χ0) is 13.7. The summed E-state index contributed by atoms with van der Waals surface area (Å²) in [5, 5.41) is 3.28. The molecular weight excluding hydrogens is 234 g/mol. The molecule has 1 aliphatic carbocycles. The van der Waals surface area contributed by atoms with E-state index in [1.807, 2.05) is 6.20 Å². The van der Waals surface area contributed by atoms with Crippen LogP contribution in [0.25, 0.3) is 0 Å². The molecule has 0 radical (unpaired) electrons. The van der Waals surface area contributed by atoms with Crippen LogP contribution < -0.4 is 5.32 Å². The number of aromatic nitrogens is 1. The van der Waals surface area contributed by atoms with Crippen molar-refractivity contribution in [3.63, 3.8) is 0 Å². The molecule has 1 heterocycles. The highest BCUT2D eigenvalue weighted by atomic mass is 15.1. The maximum Gasteiger partial charge on any atom is 0.126 e. The Kier molecular flexibility index (Phi) is 5.20. The second-order valence-electron chi connectivity index (χ2n) is 5.92. The molecule has 2 unspecified atom stereocenters. The smallest absolute Gasteiger partial charge is 0.126 e. The van der Waals surface area contributed by atoms with Crippen molar-refractivity contribution in [1.82, 2.24) is 9.88 Å². The number of anilines is 1. The van der Waals surface area contributed by atoms with Crippen molar-refractivity contribution in [3.05, 3.63) is 23.9 Å². The summed E-state index contributed by atoms with van der Waals surface area (Å²) in [7, 11) is 2.26. The summed E-state index contributed by atoms with van der Waals surface area (Å²) in [5.41, 5.74) is 1.35. The number of nitrogens with zero attached hydrogens (tertiary/aromatic N) is 2. The molecule has 1 fully saturated rings. The highest BCUT2D eigenvalue weighted by molar-refractivity contribution is 5.37. The van der Waals surface area contributed by atoms with E-state index in [1.54, 1.807) is 0 Å². The monoisotopic (exact) mass is 261 g/mol. The quantitative estimate of drug-likeness (QED) is 0.879. The van der Waals surface area contributed by atoms with Crippen LogP contribution in [-0.2, 0) is 6.54 Å². The minimum Gasteiger partial charge on any atom is -0.370 e. The van der Waals surface area contributed by atoms with Gasteiger partial charge in [-0.25, -0.2) is 4.98 Å². The Balaban J connectivity index is 1.94. The standard InChI is InChI=1S/C16H27N3/c1-4-17-16-11-14(8-9-18-16)12-19(3)15-7-5-6-13(2)10-15/h8-9,11,13,15H,4-7,10,12H2,1-3H3,(H,17,18). The Morgan fingerprint density at radius 1 is 1.42 bits per heavy atom. The zero-order valence-corrected chi connectivity index (χ0v) is 12.5. The molecule has 3 nitrogen and oxygen atoms in total. The third-order valence-electron chi connectivity index (χ3n) is 4.15. The first-order chi connectivity index (χ1) is 9.19. The van der Waals surface area contributed by atoms with Crippen LogP contribution in [0, 0.1) is 5.92 Å². The zero-order valence-electron chi connectivity index (χ0n) is 12.5. The third-order valence-corrected chi connectivity index (χ3v) is 4.15. The van der Waals surface area contributed by atoms with Gasteiger partial charge in [-0.1, -0.05) is 19.8 Å². The molecule has 1 saturated carbocycles. The van der Waals surface area contributed by atoms with Crippen molar-refractivity contribution in [3.8, 4) is 0 Å². The average Bonchev–Trinajstić information content (AvgIpc) is 2.39. The molecular formula is C16H27N3. The lowest BCUT2D eigenvalue weighted by Crippen LogP contribution is -2.35. The highest BCUT2D eigenvalue weighted by Crippen LogP contribution is 2.27. The predicted molar refractivity (Wildman–Crippen MR) is 81.3 cm³/mol. The Bertz CT molecular complexity index is 391. The van der Waals surface area contributed by atoms with Crippen molar-refractivity contribution in [2.75, 3.05) is 18.9 Å². The van der Waals surface area contributed by atoms with Gasteiger partial charge < -0.3 is 5.32 Å². The van der Waals surface area contributed by atoms with E-state index in [4.69, 9.17) is 0 Å². The molecule has 1 aromatic heterocycles. The molecule has 2 atom stereocenters. The lowest BCUT2D eigenvalue weighted by molar-refractivity contribution is 0.157. The molecule has 0 bridgehead atoms. The summed E-state index contributed by atoms with van der Waals surface area (Å²) in [6, 6.07) is 5.05. The van der Waals surface area contributed by atoms with Crippen molar-refractivity contribution in [1.29, 1.82) is 0 Å². The Labute approximate surface area is 117 Å². The molecule has 3 heteroatoms. The molecule has 2 rings (SSSR count). The van der Waals surface area contributed by atoms with E-state index in [0.29, 0.717) is 0 Å². The van der Waals surface area contributed by atoms with Crippen molar-refractivity contribution >= 4 is 5.82 Å². The first kappa shape index (κ1) is 14.3. The van der Waals surface area contributed by atoms with E-state index in [1.165, 1.54) is 31.2 Å². The summed E-state index contributed by atoms with van der Waals surface area (Å²) < 4.78 is 0. The van der Waals surface area contributed by atoms with Gasteiger partial charge >= 0.3 is 0 Å². The molecule has 0 spiro atoms. The van der Waals surface area contributed by atoms with Crippen LogP contribution in [0.1, 0.15) is 45.1 Å². The van der Waals surface area contributed by atoms with Gasteiger partial charge in [-0.3, -0.25) is 4.90 Å². The fourth-order valence-electron chi connectivity index (χ4n) is 3.07. The van der Waals surface area contributed by atoms with Crippen molar-refractivity contribution in [2.24, 2.45) is 5.92 Å². The lowest BCUT2D eigenvalue weighted by atomic mass is 9.86. The first-order valence-corrected chi connectivity index (χ1v) is 7.58. The van der Waals surface area contributed by atoms with Gasteiger partial charge in [0.1, 0.15) is 5.82 Å². The second kappa shape index (κ2) is 6.90. The molecule has 1 N–H and O–H groups in total. The van der Waals surface area contributed by atoms with Gasteiger partial charge in [0.05, 0.1) is 0 Å². The second-order valence-corrected chi connectivity index (χ2v) is 5.92.